The van der Waals surface area contributed by atoms with Crippen molar-refractivity contribution in [1.82, 2.24) is 0 Å². The number of nitrogens with one attached hydrogen (secondary N) is 1. The molecule has 0 saturated heterocycles. The Kier molecular flexibility index (Phi) is 7.28. The second kappa shape index (κ2) is 12.0. The van der Waals surface area contributed by atoms with Crippen molar-refractivity contribution in [2.45, 2.75) is 19.4 Å². The van der Waals surface area contributed by atoms with Crippen molar-refractivity contribution in [3.63, 3.8) is 0 Å². The number of rotatable bonds is 6. The molecule has 8 rings (SSSR count). The van der Waals surface area contributed by atoms with Gasteiger partial charge in [0.2, 0.25) is 0 Å². The molecule has 7 aromatic carbocycles. The normalized spacial score (nSPS) is 14.4. The quantitative estimate of drug-likeness (QED) is 0.203. The summed E-state index contributed by atoms with van der Waals surface area (Å²) in [5.41, 5.74) is 12.4. The van der Waals surface area contributed by atoms with E-state index in [1.807, 2.05) is 0 Å². The number of aryl methyl sites for hydroxylation is 1. The number of anilines is 1. The molecule has 0 fully saturated rings. The molecule has 0 amide bonds. The highest BCUT2D eigenvalue weighted by Crippen LogP contribution is 2.36. The second-order valence-electron chi connectivity index (χ2n) is 12.4. The maximum Gasteiger partial charge on any atom is 0.0488 e. The van der Waals surface area contributed by atoms with E-state index >= 15 is 0 Å². The average Bonchev–Trinajstić information content (AvgIpc) is 3.11. The van der Waals surface area contributed by atoms with Gasteiger partial charge in [0, 0.05) is 11.7 Å². The summed E-state index contributed by atoms with van der Waals surface area (Å²) in [5.74, 6) is 0. The highest BCUT2D eigenvalue weighted by molar-refractivity contribution is 5.98. The van der Waals surface area contributed by atoms with Crippen LogP contribution in [0.2, 0.25) is 0 Å². The van der Waals surface area contributed by atoms with Crippen LogP contribution in [0.25, 0.3) is 60.5 Å². The Hall–Kier alpha value is -5.66. The van der Waals surface area contributed by atoms with Crippen molar-refractivity contribution in [2.75, 3.05) is 5.32 Å². The molecule has 0 bridgehead atoms. The third-order valence-corrected chi connectivity index (χ3v) is 9.10. The molecule has 7 aromatic rings. The minimum atomic E-state index is 0.177. The lowest BCUT2D eigenvalue weighted by atomic mass is 9.90. The largest absolute Gasteiger partial charge is 0.378 e. The van der Waals surface area contributed by atoms with Crippen LogP contribution in [0.1, 0.15) is 17.5 Å². The van der Waals surface area contributed by atoms with Gasteiger partial charge in [0.05, 0.1) is 0 Å². The number of hydrogen-bond acceptors (Lipinski definition) is 1. The van der Waals surface area contributed by atoms with Crippen LogP contribution in [0.5, 0.6) is 0 Å². The standard InChI is InChI=1S/C45H35N/c1-31-23-38(26-39(24-31)37-22-21-33-13-5-6-15-35(33)25-37)36-17-9-18-42(28-36)46-43-29-40(32-11-3-2-4-12-32)27-41(30-43)45-20-10-16-34-14-7-8-19-44(34)45/h2-27,29-30,42,46H,28H2,1H3. The van der Waals surface area contributed by atoms with Crippen molar-refractivity contribution in [1.29, 1.82) is 0 Å². The first-order chi connectivity index (χ1) is 22.7. The van der Waals surface area contributed by atoms with Gasteiger partial charge in [0.25, 0.3) is 0 Å². The third kappa shape index (κ3) is 5.64. The van der Waals surface area contributed by atoms with Gasteiger partial charge < -0.3 is 5.32 Å². The van der Waals surface area contributed by atoms with E-state index in [1.165, 1.54) is 71.6 Å². The van der Waals surface area contributed by atoms with Crippen molar-refractivity contribution < 1.29 is 0 Å². The molecule has 0 saturated carbocycles. The molecule has 46 heavy (non-hydrogen) atoms. The molecule has 220 valence electrons. The molecule has 0 radical (unpaired) electrons. The van der Waals surface area contributed by atoms with Gasteiger partial charge in [-0.1, -0.05) is 140 Å². The molecule has 1 nitrogen and oxygen atoms in total. The van der Waals surface area contributed by atoms with Crippen LogP contribution in [-0.4, -0.2) is 6.04 Å². The summed E-state index contributed by atoms with van der Waals surface area (Å²) in [6.45, 7) is 2.20. The summed E-state index contributed by atoms with van der Waals surface area (Å²) < 4.78 is 0. The number of fused-ring (bicyclic) bond motifs is 2. The van der Waals surface area contributed by atoms with Gasteiger partial charge in [-0.3, -0.25) is 0 Å². The van der Waals surface area contributed by atoms with Crippen LogP contribution in [0.3, 0.4) is 0 Å². The molecule has 0 spiro atoms. The Labute approximate surface area is 271 Å². The SMILES string of the molecule is Cc1cc(C2=CC=CC(Nc3cc(-c4ccccc4)cc(-c4cccc5ccccc45)c3)C2)cc(-c2ccc3ccccc3c2)c1. The highest BCUT2D eigenvalue weighted by Gasteiger charge is 2.16. The summed E-state index contributed by atoms with van der Waals surface area (Å²) in [7, 11) is 0. The smallest absolute Gasteiger partial charge is 0.0488 e. The van der Waals surface area contributed by atoms with Crippen LogP contribution < -0.4 is 5.32 Å². The summed E-state index contributed by atoms with van der Waals surface area (Å²) in [5, 5.41) is 8.97. The van der Waals surface area contributed by atoms with Crippen LogP contribution in [-0.2, 0) is 0 Å². The molecule has 0 aromatic heterocycles. The lowest BCUT2D eigenvalue weighted by molar-refractivity contribution is 0.897. The van der Waals surface area contributed by atoms with Gasteiger partial charge in [0.1, 0.15) is 0 Å². The van der Waals surface area contributed by atoms with E-state index in [0.29, 0.717) is 0 Å². The Morgan fingerprint density at radius 1 is 0.500 bits per heavy atom. The topological polar surface area (TPSA) is 12.0 Å². The fourth-order valence-electron chi connectivity index (χ4n) is 6.85. The fourth-order valence-corrected chi connectivity index (χ4v) is 6.85. The summed E-state index contributed by atoms with van der Waals surface area (Å²) >= 11 is 0. The van der Waals surface area contributed by atoms with E-state index in [2.05, 4.69) is 182 Å². The van der Waals surface area contributed by atoms with Crippen molar-refractivity contribution in [3.8, 4) is 33.4 Å². The zero-order chi connectivity index (χ0) is 30.9. The highest BCUT2D eigenvalue weighted by atomic mass is 14.9. The van der Waals surface area contributed by atoms with Crippen molar-refractivity contribution >= 4 is 32.8 Å². The predicted octanol–water partition coefficient (Wildman–Crippen LogP) is 12.1. The first-order valence-corrected chi connectivity index (χ1v) is 16.1. The van der Waals surface area contributed by atoms with E-state index in [0.717, 1.165) is 12.1 Å². The zero-order valence-electron chi connectivity index (χ0n) is 26.0. The molecule has 1 unspecified atom stereocenters. The minimum absolute atomic E-state index is 0.177. The van der Waals surface area contributed by atoms with Crippen LogP contribution >= 0.6 is 0 Å². The molecule has 0 aliphatic heterocycles. The summed E-state index contributed by atoms with van der Waals surface area (Å²) in [6, 6.07) is 55.4. The van der Waals surface area contributed by atoms with Gasteiger partial charge >= 0.3 is 0 Å². The summed E-state index contributed by atoms with van der Waals surface area (Å²) in [6.07, 6.45) is 7.69. The van der Waals surface area contributed by atoms with Crippen molar-refractivity contribution in [3.05, 3.63) is 181 Å². The van der Waals surface area contributed by atoms with Gasteiger partial charge in [-0.05, 0) is 115 Å². The van der Waals surface area contributed by atoms with Gasteiger partial charge in [-0.2, -0.15) is 0 Å². The second-order valence-corrected chi connectivity index (χ2v) is 12.4. The first-order valence-electron chi connectivity index (χ1n) is 16.1. The number of benzene rings is 7. The molecule has 1 aliphatic carbocycles. The summed E-state index contributed by atoms with van der Waals surface area (Å²) in [4.78, 5) is 0. The van der Waals surface area contributed by atoms with Crippen LogP contribution in [0, 0.1) is 6.92 Å². The predicted molar refractivity (Wildman–Crippen MR) is 198 cm³/mol. The van der Waals surface area contributed by atoms with E-state index in [-0.39, 0.29) is 6.04 Å². The van der Waals surface area contributed by atoms with Gasteiger partial charge in [0.15, 0.2) is 0 Å². The Morgan fingerprint density at radius 3 is 2.09 bits per heavy atom. The monoisotopic (exact) mass is 589 g/mol. The Morgan fingerprint density at radius 2 is 1.20 bits per heavy atom. The van der Waals surface area contributed by atoms with Crippen LogP contribution in [0.4, 0.5) is 5.69 Å². The maximum absolute atomic E-state index is 3.90. The van der Waals surface area contributed by atoms with E-state index in [4.69, 9.17) is 0 Å². The van der Waals surface area contributed by atoms with E-state index in [9.17, 15) is 0 Å². The molecular weight excluding hydrogens is 555 g/mol. The minimum Gasteiger partial charge on any atom is -0.378 e. The van der Waals surface area contributed by atoms with Gasteiger partial charge in [-0.25, -0.2) is 0 Å². The molecular formula is C45H35N. The Bertz CT molecular complexity index is 2270. The molecule has 1 N–H and O–H groups in total. The fraction of sp³-hybridized carbons (Fsp3) is 0.0667. The van der Waals surface area contributed by atoms with Gasteiger partial charge in [-0.15, -0.1) is 0 Å². The lowest BCUT2D eigenvalue weighted by Gasteiger charge is -2.23. The molecule has 1 heteroatoms. The Balaban J connectivity index is 1.11. The van der Waals surface area contributed by atoms with E-state index in [1.54, 1.807) is 0 Å². The maximum atomic E-state index is 3.90. The molecule has 1 atom stereocenters. The van der Waals surface area contributed by atoms with E-state index < -0.39 is 0 Å². The third-order valence-electron chi connectivity index (χ3n) is 9.10. The number of hydrogen-bond donors (Lipinski definition) is 1. The first kappa shape index (κ1) is 27.9. The lowest BCUT2D eigenvalue weighted by Crippen LogP contribution is -2.19. The molecule has 1 aliphatic rings. The number of allylic oxidation sites excluding steroid dienone is 2. The zero-order valence-corrected chi connectivity index (χ0v) is 26.0. The molecule has 0 heterocycles. The van der Waals surface area contributed by atoms with Crippen LogP contribution in [0.15, 0.2) is 170 Å². The van der Waals surface area contributed by atoms with Crippen molar-refractivity contribution in [2.24, 2.45) is 0 Å². The average molecular weight is 590 g/mol.